The Kier molecular flexibility index (Phi) is 3.75. The van der Waals surface area contributed by atoms with E-state index >= 15 is 0 Å². The van der Waals surface area contributed by atoms with Crippen molar-refractivity contribution in [3.05, 3.63) is 28.2 Å². The highest BCUT2D eigenvalue weighted by Crippen LogP contribution is 2.19. The molecular formula is C9H9BrClNO. The zero-order valence-electron chi connectivity index (χ0n) is 6.89. The van der Waals surface area contributed by atoms with Crippen LogP contribution in [0.1, 0.15) is 5.56 Å². The molecule has 0 fully saturated rings. The van der Waals surface area contributed by atoms with Crippen molar-refractivity contribution >= 4 is 39.0 Å². The second kappa shape index (κ2) is 4.63. The Morgan fingerprint density at radius 3 is 2.77 bits per heavy atom. The van der Waals surface area contributed by atoms with E-state index in [1.165, 1.54) is 0 Å². The number of ketones is 1. The number of benzene rings is 1. The van der Waals surface area contributed by atoms with Crippen molar-refractivity contribution in [2.24, 2.45) is 0 Å². The van der Waals surface area contributed by atoms with Crippen LogP contribution < -0.4 is 5.73 Å². The number of rotatable bonds is 3. The van der Waals surface area contributed by atoms with Crippen molar-refractivity contribution in [3.63, 3.8) is 0 Å². The van der Waals surface area contributed by atoms with E-state index in [9.17, 15) is 4.79 Å². The largest absolute Gasteiger partial charge is 0.398 e. The van der Waals surface area contributed by atoms with Crippen molar-refractivity contribution in [2.75, 3.05) is 11.6 Å². The van der Waals surface area contributed by atoms with E-state index in [0.717, 1.165) is 10.0 Å². The van der Waals surface area contributed by atoms with Gasteiger partial charge in [0.15, 0.2) is 5.78 Å². The Morgan fingerprint density at radius 2 is 2.23 bits per heavy atom. The molecule has 0 heterocycles. The minimum Gasteiger partial charge on any atom is -0.398 e. The van der Waals surface area contributed by atoms with Gasteiger partial charge in [0.1, 0.15) is 0 Å². The third kappa shape index (κ3) is 3.01. The predicted octanol–water partition coefficient (Wildman–Crippen LogP) is 2.38. The zero-order chi connectivity index (χ0) is 9.84. The van der Waals surface area contributed by atoms with Gasteiger partial charge < -0.3 is 5.73 Å². The van der Waals surface area contributed by atoms with Gasteiger partial charge in [0, 0.05) is 16.6 Å². The first-order valence-corrected chi connectivity index (χ1v) is 5.08. The number of halogens is 2. The molecule has 13 heavy (non-hydrogen) atoms. The van der Waals surface area contributed by atoms with Gasteiger partial charge in [-0.2, -0.15) is 0 Å². The van der Waals surface area contributed by atoms with Gasteiger partial charge in [0.2, 0.25) is 0 Å². The molecular weight excluding hydrogens is 253 g/mol. The summed E-state index contributed by atoms with van der Waals surface area (Å²) in [6.45, 7) is 0. The minimum absolute atomic E-state index is 0.0179. The standard InChI is InChI=1S/C9H9BrClNO/c10-7-2-1-6(9(12)4-7)3-8(13)5-11/h1-2,4H,3,5,12H2. The van der Waals surface area contributed by atoms with Crippen LogP contribution in [0.15, 0.2) is 22.7 Å². The maximum absolute atomic E-state index is 11.0. The molecule has 0 aliphatic heterocycles. The summed E-state index contributed by atoms with van der Waals surface area (Å²) in [5, 5.41) is 0. The molecule has 2 nitrogen and oxygen atoms in total. The average molecular weight is 263 g/mol. The van der Waals surface area contributed by atoms with Gasteiger partial charge in [0.25, 0.3) is 0 Å². The predicted molar refractivity (Wildman–Crippen MR) is 58.0 cm³/mol. The van der Waals surface area contributed by atoms with Crippen LogP contribution in [-0.4, -0.2) is 11.7 Å². The van der Waals surface area contributed by atoms with E-state index < -0.39 is 0 Å². The molecule has 1 aromatic rings. The normalized spacial score (nSPS) is 10.0. The third-order valence-corrected chi connectivity index (χ3v) is 2.44. The smallest absolute Gasteiger partial charge is 0.152 e. The van der Waals surface area contributed by atoms with E-state index in [4.69, 9.17) is 17.3 Å². The van der Waals surface area contributed by atoms with Gasteiger partial charge in [-0.05, 0) is 17.7 Å². The number of carbonyl (C=O) groups is 1. The first kappa shape index (κ1) is 10.5. The minimum atomic E-state index is -0.0179. The lowest BCUT2D eigenvalue weighted by Gasteiger charge is -2.03. The van der Waals surface area contributed by atoms with E-state index in [1.807, 2.05) is 12.1 Å². The fraction of sp³-hybridized carbons (Fsp3) is 0.222. The highest BCUT2D eigenvalue weighted by Gasteiger charge is 2.05. The maximum Gasteiger partial charge on any atom is 0.152 e. The number of anilines is 1. The van der Waals surface area contributed by atoms with E-state index in [-0.39, 0.29) is 11.7 Å². The summed E-state index contributed by atoms with van der Waals surface area (Å²) in [4.78, 5) is 11.0. The summed E-state index contributed by atoms with van der Waals surface area (Å²) in [7, 11) is 0. The molecule has 70 valence electrons. The zero-order valence-corrected chi connectivity index (χ0v) is 9.23. The van der Waals surface area contributed by atoms with Crippen LogP contribution in [-0.2, 0) is 11.2 Å². The number of nitrogens with two attached hydrogens (primary N) is 1. The summed E-state index contributed by atoms with van der Waals surface area (Å²) in [5.41, 5.74) is 7.15. The number of hydrogen-bond donors (Lipinski definition) is 1. The second-order valence-corrected chi connectivity index (χ2v) is 3.88. The highest BCUT2D eigenvalue weighted by atomic mass is 79.9. The quantitative estimate of drug-likeness (QED) is 0.671. The van der Waals surface area contributed by atoms with Crippen molar-refractivity contribution < 1.29 is 4.79 Å². The molecule has 0 aromatic heterocycles. The monoisotopic (exact) mass is 261 g/mol. The summed E-state index contributed by atoms with van der Waals surface area (Å²) in [6, 6.07) is 5.45. The molecule has 0 saturated heterocycles. The second-order valence-electron chi connectivity index (χ2n) is 2.69. The molecule has 4 heteroatoms. The molecule has 0 aliphatic rings. The first-order chi connectivity index (χ1) is 6.13. The van der Waals surface area contributed by atoms with Crippen molar-refractivity contribution in [3.8, 4) is 0 Å². The molecule has 0 saturated carbocycles. The molecule has 0 bridgehead atoms. The topological polar surface area (TPSA) is 43.1 Å². The fourth-order valence-corrected chi connectivity index (χ4v) is 1.46. The highest BCUT2D eigenvalue weighted by molar-refractivity contribution is 9.10. The molecule has 2 N–H and O–H groups in total. The Bertz CT molecular complexity index is 327. The van der Waals surface area contributed by atoms with Crippen molar-refractivity contribution in [1.29, 1.82) is 0 Å². The molecule has 0 spiro atoms. The molecule has 0 radical (unpaired) electrons. The summed E-state index contributed by atoms with van der Waals surface area (Å²) in [5.74, 6) is 0.0193. The fourth-order valence-electron chi connectivity index (χ4n) is 0.986. The van der Waals surface area contributed by atoms with Crippen LogP contribution in [0.2, 0.25) is 0 Å². The van der Waals surface area contributed by atoms with E-state index in [1.54, 1.807) is 6.07 Å². The van der Waals surface area contributed by atoms with Gasteiger partial charge in [-0.25, -0.2) is 0 Å². The van der Waals surface area contributed by atoms with Crippen LogP contribution in [0.3, 0.4) is 0 Å². The lowest BCUT2D eigenvalue weighted by molar-refractivity contribution is -0.116. The number of hydrogen-bond acceptors (Lipinski definition) is 2. The van der Waals surface area contributed by atoms with E-state index in [2.05, 4.69) is 15.9 Å². The van der Waals surface area contributed by atoms with Crippen molar-refractivity contribution in [2.45, 2.75) is 6.42 Å². The van der Waals surface area contributed by atoms with Crippen LogP contribution in [0.25, 0.3) is 0 Å². The Morgan fingerprint density at radius 1 is 1.54 bits per heavy atom. The number of Topliss-reactive ketones (excluding diaryl/α,β-unsaturated/α-hetero) is 1. The Hall–Kier alpha value is -0.540. The maximum atomic E-state index is 11.0. The summed E-state index contributed by atoms with van der Waals surface area (Å²) >= 11 is 8.67. The Labute approximate surface area is 90.2 Å². The van der Waals surface area contributed by atoms with Gasteiger partial charge in [-0.15, -0.1) is 11.6 Å². The summed E-state index contributed by atoms with van der Waals surface area (Å²) < 4.78 is 0.909. The van der Waals surface area contributed by atoms with Crippen LogP contribution in [0.5, 0.6) is 0 Å². The van der Waals surface area contributed by atoms with Crippen LogP contribution >= 0.6 is 27.5 Å². The van der Waals surface area contributed by atoms with Gasteiger partial charge in [-0.3, -0.25) is 4.79 Å². The molecule has 0 atom stereocenters. The lowest BCUT2D eigenvalue weighted by atomic mass is 10.1. The van der Waals surface area contributed by atoms with Gasteiger partial charge in [0.05, 0.1) is 5.88 Å². The van der Waals surface area contributed by atoms with Gasteiger partial charge in [-0.1, -0.05) is 22.0 Å². The molecule has 0 aliphatic carbocycles. The molecule has 0 unspecified atom stereocenters. The molecule has 0 amide bonds. The third-order valence-electron chi connectivity index (χ3n) is 1.64. The van der Waals surface area contributed by atoms with E-state index in [0.29, 0.717) is 12.1 Å². The number of alkyl halides is 1. The summed E-state index contributed by atoms with van der Waals surface area (Å²) in [6.07, 6.45) is 0.308. The Balaban J connectivity index is 2.83. The lowest BCUT2D eigenvalue weighted by Crippen LogP contribution is -2.06. The molecule has 1 rings (SSSR count). The van der Waals surface area contributed by atoms with Crippen molar-refractivity contribution in [1.82, 2.24) is 0 Å². The molecule has 1 aromatic carbocycles. The SMILES string of the molecule is Nc1cc(Br)ccc1CC(=O)CCl. The van der Waals surface area contributed by atoms with Crippen LogP contribution in [0.4, 0.5) is 5.69 Å². The van der Waals surface area contributed by atoms with Gasteiger partial charge >= 0.3 is 0 Å². The average Bonchev–Trinajstić information content (AvgIpc) is 2.09. The first-order valence-electron chi connectivity index (χ1n) is 3.75. The number of nitrogen functional groups attached to an aromatic ring is 1. The van der Waals surface area contributed by atoms with Crippen LogP contribution in [0, 0.1) is 0 Å². The number of carbonyl (C=O) groups excluding carboxylic acids is 1.